The number of nitrogens with one attached hydrogen (secondary N) is 1. The molecule has 0 spiro atoms. The molecular weight excluding hydrogens is 548 g/mol. The Morgan fingerprint density at radius 2 is 1.80 bits per heavy atom. The van der Waals surface area contributed by atoms with E-state index in [4.69, 9.17) is 0 Å². The summed E-state index contributed by atoms with van der Waals surface area (Å²) in [5, 5.41) is 10.8. The number of anilines is 1. The van der Waals surface area contributed by atoms with Crippen molar-refractivity contribution in [2.24, 2.45) is 0 Å². The molecule has 15 heteroatoms. The molecule has 4 aromatic rings. The average molecular weight is 573 g/mol. The molecule has 2 atom stereocenters. The first-order valence-corrected chi connectivity index (χ1v) is 12.5. The topological polar surface area (TPSA) is 128 Å². The van der Waals surface area contributed by atoms with Crippen molar-refractivity contribution in [1.82, 2.24) is 34.4 Å². The van der Waals surface area contributed by atoms with Crippen molar-refractivity contribution in [3.63, 3.8) is 0 Å². The number of alkyl halides is 4. The zero-order chi connectivity index (χ0) is 29.5. The second-order valence-electron chi connectivity index (χ2n) is 9.71. The molecule has 2 amide bonds. The quantitative estimate of drug-likeness (QED) is 0.266. The fourth-order valence-electron chi connectivity index (χ4n) is 4.72. The first kappa shape index (κ1) is 27.9. The smallest absolute Gasteiger partial charge is 0.326 e. The first-order chi connectivity index (χ1) is 19.4. The van der Waals surface area contributed by atoms with Gasteiger partial charge >= 0.3 is 6.18 Å². The fourth-order valence-corrected chi connectivity index (χ4v) is 4.72. The number of nitrogens with zero attached hydrogens (tertiary/aromatic N) is 7. The number of aryl methyl sites for hydroxylation is 1. The molecule has 5 rings (SSSR count). The summed E-state index contributed by atoms with van der Waals surface area (Å²) < 4.78 is 54.2. The van der Waals surface area contributed by atoms with Gasteiger partial charge in [-0.1, -0.05) is 6.07 Å². The maximum absolute atomic E-state index is 14.4. The second-order valence-corrected chi connectivity index (χ2v) is 9.71. The van der Waals surface area contributed by atoms with E-state index in [9.17, 15) is 31.9 Å². The number of fused-ring (bicyclic) bond motifs is 1. The summed E-state index contributed by atoms with van der Waals surface area (Å²) in [6.07, 6.45) is -1.93. The van der Waals surface area contributed by atoms with Crippen LogP contribution in [0.5, 0.6) is 0 Å². The molecule has 1 fully saturated rings. The van der Waals surface area contributed by atoms with E-state index in [1.54, 1.807) is 37.5 Å². The second kappa shape index (κ2) is 10.7. The predicted octanol–water partition coefficient (Wildman–Crippen LogP) is 3.34. The number of amides is 2. The van der Waals surface area contributed by atoms with Gasteiger partial charge in [-0.2, -0.15) is 23.4 Å². The standard InChI is InChI=1S/C26H24F4N8O3/c1-14(39)24-19-7-16(17-9-31-15(2)32-10-17)3-4-20(19)38(35-24)12-23(40)37-11-18(27)8-21(37)25(41)33-22-5-6-36(34-22)13-26(28,29)30/h3-7,9-10,18,21H,8,11-13H2,1-2H3,(H,33,34,41)/t18-,21+/m1/s1. The van der Waals surface area contributed by atoms with Crippen molar-refractivity contribution in [3.8, 4) is 11.1 Å². The highest BCUT2D eigenvalue weighted by atomic mass is 19.4. The van der Waals surface area contributed by atoms with Crippen LogP contribution in [0, 0.1) is 6.92 Å². The maximum Gasteiger partial charge on any atom is 0.408 e. The number of Topliss-reactive ketones (excluding diaryl/α,β-unsaturated/α-hetero) is 1. The molecule has 3 aromatic heterocycles. The first-order valence-electron chi connectivity index (χ1n) is 12.5. The van der Waals surface area contributed by atoms with E-state index in [0.717, 1.165) is 22.2 Å². The van der Waals surface area contributed by atoms with E-state index < -0.39 is 36.7 Å². The highest BCUT2D eigenvalue weighted by Gasteiger charge is 2.40. The van der Waals surface area contributed by atoms with Crippen LogP contribution < -0.4 is 5.32 Å². The SMILES string of the molecule is CC(=O)c1nn(CC(=O)N2C[C@H](F)C[C@H]2C(=O)Nc2ccn(CC(F)(F)F)n2)c2ccc(-c3cnc(C)nc3)cc12. The summed E-state index contributed by atoms with van der Waals surface area (Å²) in [6.45, 7) is 1.03. The monoisotopic (exact) mass is 572 g/mol. The maximum atomic E-state index is 14.4. The Morgan fingerprint density at radius 3 is 2.49 bits per heavy atom. The van der Waals surface area contributed by atoms with Crippen molar-refractivity contribution >= 4 is 34.3 Å². The number of ketones is 1. The minimum Gasteiger partial charge on any atom is -0.326 e. The molecule has 1 aromatic carbocycles. The molecule has 1 aliphatic rings. The van der Waals surface area contributed by atoms with E-state index in [1.165, 1.54) is 17.7 Å². The lowest BCUT2D eigenvalue weighted by molar-refractivity contribution is -0.142. The molecule has 0 aliphatic carbocycles. The molecular formula is C26H24F4N8O3. The van der Waals surface area contributed by atoms with Gasteiger partial charge in [-0.15, -0.1) is 0 Å². The van der Waals surface area contributed by atoms with Crippen LogP contribution in [0.25, 0.3) is 22.0 Å². The zero-order valence-electron chi connectivity index (χ0n) is 21.9. The van der Waals surface area contributed by atoms with Crippen LogP contribution in [-0.4, -0.2) is 77.0 Å². The Hall–Kier alpha value is -4.69. The van der Waals surface area contributed by atoms with Crippen molar-refractivity contribution in [1.29, 1.82) is 0 Å². The molecule has 1 saturated heterocycles. The molecule has 1 N–H and O–H groups in total. The van der Waals surface area contributed by atoms with Gasteiger partial charge in [0, 0.05) is 49.0 Å². The number of likely N-dealkylation sites (tertiary alicyclic amines) is 1. The van der Waals surface area contributed by atoms with Crippen LogP contribution in [0.1, 0.15) is 29.7 Å². The van der Waals surface area contributed by atoms with E-state index >= 15 is 0 Å². The van der Waals surface area contributed by atoms with Gasteiger partial charge < -0.3 is 10.2 Å². The normalized spacial score (nSPS) is 17.3. The molecule has 41 heavy (non-hydrogen) atoms. The number of benzene rings is 1. The van der Waals surface area contributed by atoms with Crippen LogP contribution >= 0.6 is 0 Å². The molecule has 4 heterocycles. The number of hydrogen-bond donors (Lipinski definition) is 1. The van der Waals surface area contributed by atoms with Crippen LogP contribution in [-0.2, 0) is 22.7 Å². The van der Waals surface area contributed by atoms with Crippen molar-refractivity contribution < 1.29 is 31.9 Å². The van der Waals surface area contributed by atoms with Crippen LogP contribution in [0.15, 0.2) is 42.9 Å². The molecule has 0 radical (unpaired) electrons. The number of carbonyl (C=O) groups is 3. The molecule has 1 aliphatic heterocycles. The largest absolute Gasteiger partial charge is 0.408 e. The number of hydrogen-bond acceptors (Lipinski definition) is 7. The lowest BCUT2D eigenvalue weighted by atomic mass is 10.0. The van der Waals surface area contributed by atoms with Crippen LogP contribution in [0.2, 0.25) is 0 Å². The van der Waals surface area contributed by atoms with E-state index in [2.05, 4.69) is 25.5 Å². The minimum atomic E-state index is -4.50. The van der Waals surface area contributed by atoms with Gasteiger partial charge in [-0.25, -0.2) is 14.4 Å². The average Bonchev–Trinajstić information content (AvgIpc) is 3.60. The molecule has 0 bridgehead atoms. The van der Waals surface area contributed by atoms with Gasteiger partial charge in [0.1, 0.15) is 36.8 Å². The van der Waals surface area contributed by atoms with Gasteiger partial charge in [-0.05, 0) is 24.6 Å². The minimum absolute atomic E-state index is 0.135. The van der Waals surface area contributed by atoms with Crippen molar-refractivity contribution in [3.05, 3.63) is 54.4 Å². The molecule has 0 saturated carbocycles. The number of halogens is 4. The lowest BCUT2D eigenvalue weighted by Crippen LogP contribution is -2.44. The summed E-state index contributed by atoms with van der Waals surface area (Å²) in [6, 6.07) is 5.17. The third kappa shape index (κ3) is 6.07. The van der Waals surface area contributed by atoms with Crippen molar-refractivity contribution in [2.45, 2.75) is 51.7 Å². The van der Waals surface area contributed by atoms with E-state index in [1.807, 2.05) is 0 Å². The Bertz CT molecular complexity index is 1630. The number of carbonyl (C=O) groups excluding carboxylic acids is 3. The van der Waals surface area contributed by atoms with E-state index in [-0.39, 0.29) is 36.8 Å². The third-order valence-electron chi connectivity index (χ3n) is 6.59. The molecule has 214 valence electrons. The van der Waals surface area contributed by atoms with Gasteiger partial charge in [-0.3, -0.25) is 23.7 Å². The highest BCUT2D eigenvalue weighted by Crippen LogP contribution is 2.28. The molecule has 0 unspecified atom stereocenters. The number of aromatic nitrogens is 6. The summed E-state index contributed by atoms with van der Waals surface area (Å²) in [7, 11) is 0. The zero-order valence-corrected chi connectivity index (χ0v) is 21.9. The molecule has 11 nitrogen and oxygen atoms in total. The van der Waals surface area contributed by atoms with Gasteiger partial charge in [0.15, 0.2) is 11.6 Å². The third-order valence-corrected chi connectivity index (χ3v) is 6.59. The van der Waals surface area contributed by atoms with Gasteiger partial charge in [0.25, 0.3) is 0 Å². The lowest BCUT2D eigenvalue weighted by Gasteiger charge is -2.23. The Kier molecular flexibility index (Phi) is 7.28. The van der Waals surface area contributed by atoms with E-state index in [0.29, 0.717) is 21.4 Å². The van der Waals surface area contributed by atoms with Gasteiger partial charge in [0.2, 0.25) is 11.8 Å². The van der Waals surface area contributed by atoms with Crippen LogP contribution in [0.3, 0.4) is 0 Å². The summed E-state index contributed by atoms with van der Waals surface area (Å²) in [5.74, 6) is -1.29. The summed E-state index contributed by atoms with van der Waals surface area (Å²) in [5.41, 5.74) is 2.07. The van der Waals surface area contributed by atoms with Crippen molar-refractivity contribution in [2.75, 3.05) is 11.9 Å². The predicted molar refractivity (Wildman–Crippen MR) is 137 cm³/mol. The highest BCUT2D eigenvalue weighted by molar-refractivity contribution is 6.06. The Labute approximate surface area is 230 Å². The summed E-state index contributed by atoms with van der Waals surface area (Å²) >= 11 is 0. The Balaban J connectivity index is 1.36. The number of rotatable bonds is 7. The van der Waals surface area contributed by atoms with Gasteiger partial charge in [0.05, 0.1) is 12.1 Å². The summed E-state index contributed by atoms with van der Waals surface area (Å²) in [4.78, 5) is 48.0. The Morgan fingerprint density at radius 1 is 1.07 bits per heavy atom. The van der Waals surface area contributed by atoms with Crippen LogP contribution in [0.4, 0.5) is 23.4 Å². The fraction of sp³-hybridized carbons (Fsp3) is 0.346.